The van der Waals surface area contributed by atoms with Crippen molar-refractivity contribution < 1.29 is 17.9 Å². The van der Waals surface area contributed by atoms with Crippen LogP contribution in [0.5, 0.6) is 0 Å². The van der Waals surface area contributed by atoms with E-state index in [1.807, 2.05) is 0 Å². The zero-order valence-electron chi connectivity index (χ0n) is 13.5. The van der Waals surface area contributed by atoms with Crippen LogP contribution in [0.2, 0.25) is 5.02 Å². The molecule has 0 spiro atoms. The molecular formula is C16H22ClNO4S. The van der Waals surface area contributed by atoms with Crippen LogP contribution >= 0.6 is 11.6 Å². The molecule has 1 aromatic rings. The fourth-order valence-electron chi connectivity index (χ4n) is 3.68. The molecule has 1 saturated carbocycles. The summed E-state index contributed by atoms with van der Waals surface area (Å²) in [4.78, 5) is 0.290. The highest BCUT2D eigenvalue weighted by molar-refractivity contribution is 7.89. The lowest BCUT2D eigenvalue weighted by Crippen LogP contribution is -2.62. The number of rotatable bonds is 5. The van der Waals surface area contributed by atoms with E-state index in [2.05, 4.69) is 4.72 Å². The molecular weight excluding hydrogens is 338 g/mol. The van der Waals surface area contributed by atoms with E-state index in [4.69, 9.17) is 21.1 Å². The van der Waals surface area contributed by atoms with E-state index in [0.29, 0.717) is 23.8 Å². The second-order valence-corrected chi connectivity index (χ2v) is 8.51. The number of sulfonamides is 1. The monoisotopic (exact) mass is 359 g/mol. The first-order chi connectivity index (χ1) is 10.8. The second-order valence-electron chi connectivity index (χ2n) is 6.42. The Balaban J connectivity index is 1.85. The third kappa shape index (κ3) is 3.03. The summed E-state index contributed by atoms with van der Waals surface area (Å²) < 4.78 is 39.4. The Morgan fingerprint density at radius 2 is 2.09 bits per heavy atom. The van der Waals surface area contributed by atoms with Crippen molar-refractivity contribution >= 4 is 21.6 Å². The first-order valence-corrected chi connectivity index (χ1v) is 9.61. The summed E-state index contributed by atoms with van der Waals surface area (Å²) in [5.74, 6) is 0.301. The average Bonchev–Trinajstić information content (AvgIpc) is 2.91. The van der Waals surface area contributed by atoms with Crippen LogP contribution in [-0.4, -0.2) is 40.9 Å². The normalized spacial score (nSPS) is 30.1. The van der Waals surface area contributed by atoms with Crippen LogP contribution in [-0.2, 0) is 19.5 Å². The van der Waals surface area contributed by atoms with Gasteiger partial charge >= 0.3 is 0 Å². The summed E-state index contributed by atoms with van der Waals surface area (Å²) in [5, 5.41) is 0.576. The minimum Gasteiger partial charge on any atom is -0.384 e. The van der Waals surface area contributed by atoms with E-state index >= 15 is 0 Å². The first kappa shape index (κ1) is 17.2. The average molecular weight is 360 g/mol. The number of aryl methyl sites for hydroxylation is 2. The molecule has 23 heavy (non-hydrogen) atoms. The lowest BCUT2D eigenvalue weighted by molar-refractivity contribution is -0.0775. The molecule has 1 aromatic carbocycles. The molecule has 0 amide bonds. The van der Waals surface area contributed by atoms with Crippen molar-refractivity contribution in [3.05, 3.63) is 28.3 Å². The second kappa shape index (κ2) is 6.33. The number of hydrogen-bond donors (Lipinski definition) is 1. The van der Waals surface area contributed by atoms with Crippen molar-refractivity contribution in [1.29, 1.82) is 0 Å². The summed E-state index contributed by atoms with van der Waals surface area (Å²) in [7, 11) is -1.97. The Kier molecular flexibility index (Phi) is 4.73. The molecule has 4 atom stereocenters. The minimum atomic E-state index is -3.60. The van der Waals surface area contributed by atoms with E-state index in [9.17, 15) is 8.42 Å². The SMILES string of the molecule is COC[C@@H]1[C@@H](NS(=O)(=O)c2cc(C)c(Cl)cc2C)[C@@H]2CCO[C@H]12. The zero-order chi connectivity index (χ0) is 16.8. The molecule has 1 N–H and O–H groups in total. The largest absolute Gasteiger partial charge is 0.384 e. The van der Waals surface area contributed by atoms with Gasteiger partial charge in [-0.25, -0.2) is 13.1 Å². The van der Waals surface area contributed by atoms with E-state index < -0.39 is 10.0 Å². The quantitative estimate of drug-likeness (QED) is 0.876. The molecule has 0 unspecified atom stereocenters. The van der Waals surface area contributed by atoms with Crippen LogP contribution in [0.25, 0.3) is 0 Å². The molecule has 7 heteroatoms. The van der Waals surface area contributed by atoms with Crippen LogP contribution in [0.1, 0.15) is 17.5 Å². The van der Waals surface area contributed by atoms with Crippen LogP contribution in [0.3, 0.4) is 0 Å². The molecule has 2 aliphatic rings. The van der Waals surface area contributed by atoms with E-state index in [1.54, 1.807) is 33.1 Å². The van der Waals surface area contributed by atoms with Crippen LogP contribution in [0.15, 0.2) is 17.0 Å². The number of hydrogen-bond acceptors (Lipinski definition) is 4. The van der Waals surface area contributed by atoms with Gasteiger partial charge < -0.3 is 9.47 Å². The molecule has 1 aliphatic heterocycles. The molecule has 3 rings (SSSR count). The van der Waals surface area contributed by atoms with Crippen LogP contribution in [0.4, 0.5) is 0 Å². The van der Waals surface area contributed by atoms with Gasteiger partial charge in [0.05, 0.1) is 17.6 Å². The van der Waals surface area contributed by atoms with Gasteiger partial charge in [-0.15, -0.1) is 0 Å². The molecule has 128 valence electrons. The molecule has 2 fully saturated rings. The van der Waals surface area contributed by atoms with Gasteiger partial charge in [0.25, 0.3) is 0 Å². The summed E-state index contributed by atoms with van der Waals surface area (Å²) in [6, 6.07) is 3.19. The number of fused-ring (bicyclic) bond motifs is 1. The summed E-state index contributed by atoms with van der Waals surface area (Å²) in [6.07, 6.45) is 0.993. The van der Waals surface area contributed by atoms with Gasteiger partial charge in [0.15, 0.2) is 0 Å². The van der Waals surface area contributed by atoms with Crippen molar-refractivity contribution in [3.8, 4) is 0 Å². The minimum absolute atomic E-state index is 0.0657. The van der Waals surface area contributed by atoms with Crippen molar-refractivity contribution in [2.45, 2.75) is 37.3 Å². The maximum Gasteiger partial charge on any atom is 0.241 e. The maximum absolute atomic E-state index is 12.8. The molecule has 0 bridgehead atoms. The van der Waals surface area contributed by atoms with Gasteiger partial charge in [-0.2, -0.15) is 0 Å². The topological polar surface area (TPSA) is 64.6 Å². The van der Waals surface area contributed by atoms with Crippen molar-refractivity contribution in [2.75, 3.05) is 20.3 Å². The predicted octanol–water partition coefficient (Wildman–Crippen LogP) is 2.29. The fourth-order valence-corrected chi connectivity index (χ4v) is 5.55. The molecule has 0 radical (unpaired) electrons. The number of ether oxygens (including phenoxy) is 2. The number of methoxy groups -OCH3 is 1. The Morgan fingerprint density at radius 3 is 2.78 bits per heavy atom. The summed E-state index contributed by atoms with van der Waals surface area (Å²) in [5.41, 5.74) is 1.40. The Labute approximate surface area is 142 Å². The summed E-state index contributed by atoms with van der Waals surface area (Å²) in [6.45, 7) is 4.74. The molecule has 0 aromatic heterocycles. The highest BCUT2D eigenvalue weighted by Gasteiger charge is 2.55. The van der Waals surface area contributed by atoms with Crippen molar-refractivity contribution in [2.24, 2.45) is 11.8 Å². The lowest BCUT2D eigenvalue weighted by Gasteiger charge is -2.47. The molecule has 1 aliphatic carbocycles. The smallest absolute Gasteiger partial charge is 0.241 e. The van der Waals surface area contributed by atoms with Gasteiger partial charge in [0, 0.05) is 36.6 Å². The van der Waals surface area contributed by atoms with Crippen LogP contribution in [0, 0.1) is 25.7 Å². The van der Waals surface area contributed by atoms with Gasteiger partial charge in [-0.1, -0.05) is 11.6 Å². The molecule has 1 heterocycles. The number of halogens is 1. The fraction of sp³-hybridized carbons (Fsp3) is 0.625. The van der Waals surface area contributed by atoms with Crippen molar-refractivity contribution in [1.82, 2.24) is 4.72 Å². The molecule has 5 nitrogen and oxygen atoms in total. The lowest BCUT2D eigenvalue weighted by atomic mass is 9.68. The standard InChI is InChI=1S/C16H22ClNO4S/c1-9-7-14(10(2)6-13(9)17)23(19,20)18-15-11-4-5-22-16(11)12(15)8-21-3/h6-7,11-12,15-16,18H,4-5,8H2,1-3H3/t11-,12+,15-,16-/m0/s1. The van der Waals surface area contributed by atoms with Gasteiger partial charge in [-0.05, 0) is 43.5 Å². The Hall–Kier alpha value is -0.660. The summed E-state index contributed by atoms with van der Waals surface area (Å²) >= 11 is 6.07. The molecule has 1 saturated heterocycles. The Bertz CT molecular complexity index is 706. The van der Waals surface area contributed by atoms with Crippen LogP contribution < -0.4 is 4.72 Å². The number of nitrogens with one attached hydrogen (secondary N) is 1. The van der Waals surface area contributed by atoms with E-state index in [1.165, 1.54) is 0 Å². The first-order valence-electron chi connectivity index (χ1n) is 7.75. The Morgan fingerprint density at radius 1 is 1.35 bits per heavy atom. The third-order valence-electron chi connectivity index (χ3n) is 4.92. The van der Waals surface area contributed by atoms with E-state index in [0.717, 1.165) is 12.0 Å². The third-order valence-corrected chi connectivity index (χ3v) is 6.93. The van der Waals surface area contributed by atoms with Gasteiger partial charge in [0.2, 0.25) is 10.0 Å². The zero-order valence-corrected chi connectivity index (χ0v) is 15.1. The highest BCUT2D eigenvalue weighted by Crippen LogP contribution is 2.44. The van der Waals surface area contributed by atoms with Crippen molar-refractivity contribution in [3.63, 3.8) is 0 Å². The number of benzene rings is 1. The van der Waals surface area contributed by atoms with Gasteiger partial charge in [0.1, 0.15) is 0 Å². The highest BCUT2D eigenvalue weighted by atomic mass is 35.5. The van der Waals surface area contributed by atoms with Gasteiger partial charge in [-0.3, -0.25) is 0 Å². The predicted molar refractivity (Wildman–Crippen MR) is 88.2 cm³/mol. The van der Waals surface area contributed by atoms with E-state index in [-0.39, 0.29) is 28.9 Å². The maximum atomic E-state index is 12.8.